The lowest BCUT2D eigenvalue weighted by atomic mass is 10.3. The maximum absolute atomic E-state index is 11.7. The molecule has 0 bridgehead atoms. The number of carboxylic acids is 1. The number of aliphatic hydroxyl groups is 1. The van der Waals surface area contributed by atoms with E-state index in [1.807, 2.05) is 0 Å². The fraction of sp³-hybridized carbons (Fsp3) is 0.800. The van der Waals surface area contributed by atoms with Crippen molar-refractivity contribution in [2.24, 2.45) is 0 Å². The summed E-state index contributed by atoms with van der Waals surface area (Å²) in [6.07, 6.45) is 0. The van der Waals surface area contributed by atoms with Gasteiger partial charge in [0.25, 0.3) is 0 Å². The molecule has 0 saturated carbocycles. The van der Waals surface area contributed by atoms with Crippen LogP contribution in [0.4, 0.5) is 4.79 Å². The van der Waals surface area contributed by atoms with Crippen LogP contribution in [-0.4, -0.2) is 77.4 Å². The zero-order chi connectivity index (χ0) is 12.8. The lowest BCUT2D eigenvalue weighted by Gasteiger charge is -2.34. The van der Waals surface area contributed by atoms with E-state index in [2.05, 4.69) is 10.2 Å². The minimum absolute atomic E-state index is 0.113. The molecule has 1 heterocycles. The number of carbonyl (C=O) groups excluding carboxylic acids is 1. The van der Waals surface area contributed by atoms with Crippen molar-refractivity contribution in [1.82, 2.24) is 15.1 Å². The molecular formula is C10H19N3O4. The Morgan fingerprint density at radius 3 is 2.35 bits per heavy atom. The molecule has 0 aromatic carbocycles. The first-order chi connectivity index (χ1) is 8.04. The van der Waals surface area contributed by atoms with Gasteiger partial charge < -0.3 is 20.4 Å². The maximum Gasteiger partial charge on any atom is 0.325 e. The second-order valence-electron chi connectivity index (χ2n) is 4.06. The molecular weight excluding hydrogens is 226 g/mol. The lowest BCUT2D eigenvalue weighted by Crippen LogP contribution is -2.54. The van der Waals surface area contributed by atoms with Gasteiger partial charge in [-0.3, -0.25) is 9.69 Å². The number of nitrogens with zero attached hydrogens (tertiary/aromatic N) is 2. The van der Waals surface area contributed by atoms with E-state index in [4.69, 9.17) is 10.2 Å². The van der Waals surface area contributed by atoms with E-state index in [1.165, 1.54) is 6.92 Å². The van der Waals surface area contributed by atoms with Crippen LogP contribution in [0.25, 0.3) is 0 Å². The van der Waals surface area contributed by atoms with Crippen molar-refractivity contribution in [2.75, 3.05) is 39.3 Å². The maximum atomic E-state index is 11.7. The van der Waals surface area contributed by atoms with Crippen molar-refractivity contribution in [3.05, 3.63) is 0 Å². The van der Waals surface area contributed by atoms with E-state index in [0.29, 0.717) is 32.7 Å². The van der Waals surface area contributed by atoms with Crippen molar-refractivity contribution < 1.29 is 19.8 Å². The highest BCUT2D eigenvalue weighted by Gasteiger charge is 2.23. The lowest BCUT2D eigenvalue weighted by molar-refractivity contribution is -0.138. The fourth-order valence-electron chi connectivity index (χ4n) is 1.65. The van der Waals surface area contributed by atoms with Gasteiger partial charge in [-0.05, 0) is 6.92 Å². The summed E-state index contributed by atoms with van der Waals surface area (Å²) in [5, 5.41) is 19.9. The Kier molecular flexibility index (Phi) is 5.17. The van der Waals surface area contributed by atoms with Crippen molar-refractivity contribution >= 4 is 12.0 Å². The molecule has 7 nitrogen and oxygen atoms in total. The summed E-state index contributed by atoms with van der Waals surface area (Å²) in [6.45, 7) is 4.67. The van der Waals surface area contributed by atoms with E-state index < -0.39 is 12.0 Å². The summed E-state index contributed by atoms with van der Waals surface area (Å²) in [4.78, 5) is 25.9. The van der Waals surface area contributed by atoms with E-state index >= 15 is 0 Å². The third-order valence-corrected chi connectivity index (χ3v) is 2.79. The second kappa shape index (κ2) is 6.41. The molecule has 1 unspecified atom stereocenters. The first kappa shape index (κ1) is 13.7. The van der Waals surface area contributed by atoms with Gasteiger partial charge in [-0.25, -0.2) is 4.79 Å². The molecule has 1 aliphatic rings. The Morgan fingerprint density at radius 1 is 1.29 bits per heavy atom. The summed E-state index contributed by atoms with van der Waals surface area (Å²) in [6, 6.07) is -1.22. The van der Waals surface area contributed by atoms with E-state index in [9.17, 15) is 9.59 Å². The van der Waals surface area contributed by atoms with Gasteiger partial charge >= 0.3 is 12.0 Å². The zero-order valence-electron chi connectivity index (χ0n) is 9.93. The molecule has 0 aliphatic carbocycles. The minimum Gasteiger partial charge on any atom is -0.480 e. The van der Waals surface area contributed by atoms with Gasteiger partial charge in [0.15, 0.2) is 0 Å². The highest BCUT2D eigenvalue weighted by Crippen LogP contribution is 2.01. The number of hydrogen-bond acceptors (Lipinski definition) is 4. The molecule has 0 aromatic heterocycles. The largest absolute Gasteiger partial charge is 0.480 e. The number of nitrogens with one attached hydrogen (secondary N) is 1. The highest BCUT2D eigenvalue weighted by atomic mass is 16.4. The first-order valence-electron chi connectivity index (χ1n) is 5.66. The number of amides is 2. The molecule has 1 saturated heterocycles. The quantitative estimate of drug-likeness (QED) is 0.577. The van der Waals surface area contributed by atoms with Gasteiger partial charge in [0, 0.05) is 32.7 Å². The number of aliphatic hydroxyl groups excluding tert-OH is 1. The number of aliphatic carboxylic acids is 1. The average Bonchev–Trinajstić information content (AvgIpc) is 2.30. The van der Waals surface area contributed by atoms with Crippen LogP contribution in [0.5, 0.6) is 0 Å². The summed E-state index contributed by atoms with van der Waals surface area (Å²) in [7, 11) is 0. The molecule has 3 N–H and O–H groups in total. The van der Waals surface area contributed by atoms with Crippen LogP contribution in [0, 0.1) is 0 Å². The number of piperazine rings is 1. The van der Waals surface area contributed by atoms with Crippen molar-refractivity contribution in [3.8, 4) is 0 Å². The highest BCUT2D eigenvalue weighted by molar-refractivity contribution is 5.82. The van der Waals surface area contributed by atoms with E-state index in [1.54, 1.807) is 4.90 Å². The third-order valence-electron chi connectivity index (χ3n) is 2.79. The predicted molar refractivity (Wildman–Crippen MR) is 60.7 cm³/mol. The fourth-order valence-corrected chi connectivity index (χ4v) is 1.65. The molecule has 0 spiro atoms. The van der Waals surface area contributed by atoms with Crippen LogP contribution in [-0.2, 0) is 4.79 Å². The number of hydrogen-bond donors (Lipinski definition) is 3. The Morgan fingerprint density at radius 2 is 1.88 bits per heavy atom. The van der Waals surface area contributed by atoms with Crippen molar-refractivity contribution in [3.63, 3.8) is 0 Å². The molecule has 1 fully saturated rings. The molecule has 1 atom stereocenters. The van der Waals surface area contributed by atoms with E-state index in [0.717, 1.165) is 0 Å². The molecule has 7 heteroatoms. The number of β-amino-alcohol motifs (C(OH)–C–C–N with tert-alkyl or cyclic N) is 1. The molecule has 1 aliphatic heterocycles. The summed E-state index contributed by atoms with van der Waals surface area (Å²) in [5.74, 6) is -1.04. The Balaban J connectivity index is 2.33. The Labute approximate surface area is 100.0 Å². The van der Waals surface area contributed by atoms with Crippen LogP contribution in [0.15, 0.2) is 0 Å². The van der Waals surface area contributed by atoms with Gasteiger partial charge in [-0.15, -0.1) is 0 Å². The summed E-state index contributed by atoms with van der Waals surface area (Å²) < 4.78 is 0. The summed E-state index contributed by atoms with van der Waals surface area (Å²) in [5.41, 5.74) is 0. The number of urea groups is 1. The van der Waals surface area contributed by atoms with Gasteiger partial charge in [-0.2, -0.15) is 0 Å². The monoisotopic (exact) mass is 245 g/mol. The SMILES string of the molecule is CC(NC(=O)N1CCN(CCO)CC1)C(=O)O. The first-order valence-corrected chi connectivity index (χ1v) is 5.66. The summed E-state index contributed by atoms with van der Waals surface area (Å²) >= 11 is 0. The van der Waals surface area contributed by atoms with Crippen molar-refractivity contribution in [1.29, 1.82) is 0 Å². The van der Waals surface area contributed by atoms with Crippen LogP contribution in [0.1, 0.15) is 6.92 Å². The number of carboxylic acid groups (broad SMARTS) is 1. The van der Waals surface area contributed by atoms with E-state index in [-0.39, 0.29) is 12.6 Å². The molecule has 2 amide bonds. The average molecular weight is 245 g/mol. The van der Waals surface area contributed by atoms with Crippen LogP contribution in [0.2, 0.25) is 0 Å². The number of carbonyl (C=O) groups is 2. The van der Waals surface area contributed by atoms with Crippen molar-refractivity contribution in [2.45, 2.75) is 13.0 Å². The smallest absolute Gasteiger partial charge is 0.325 e. The molecule has 98 valence electrons. The topological polar surface area (TPSA) is 93.1 Å². The minimum atomic E-state index is -1.04. The predicted octanol–water partition coefficient (Wildman–Crippen LogP) is -1.22. The second-order valence-corrected chi connectivity index (χ2v) is 4.06. The van der Waals surface area contributed by atoms with Gasteiger partial charge in [0.05, 0.1) is 6.61 Å². The third kappa shape index (κ3) is 4.20. The molecule has 0 radical (unpaired) electrons. The van der Waals surface area contributed by atoms with Gasteiger partial charge in [0.1, 0.15) is 6.04 Å². The van der Waals surface area contributed by atoms with Crippen LogP contribution in [0.3, 0.4) is 0 Å². The van der Waals surface area contributed by atoms with Crippen LogP contribution >= 0.6 is 0 Å². The normalized spacial score (nSPS) is 18.8. The number of rotatable bonds is 4. The molecule has 0 aromatic rings. The standard InChI is InChI=1S/C10H19N3O4/c1-8(9(15)16)11-10(17)13-4-2-12(3-5-13)6-7-14/h8,14H,2-7H2,1H3,(H,11,17)(H,15,16). The zero-order valence-corrected chi connectivity index (χ0v) is 9.93. The van der Waals surface area contributed by atoms with Crippen LogP contribution < -0.4 is 5.32 Å². The molecule has 17 heavy (non-hydrogen) atoms. The molecule has 1 rings (SSSR count). The van der Waals surface area contributed by atoms with Gasteiger partial charge in [0.2, 0.25) is 0 Å². The van der Waals surface area contributed by atoms with Gasteiger partial charge in [-0.1, -0.05) is 0 Å². The Hall–Kier alpha value is -1.34. The Bertz CT molecular complexity index is 277.